The molecular weight excluding hydrogens is 280 g/mol. The van der Waals surface area contributed by atoms with Gasteiger partial charge in [0.05, 0.1) is 6.10 Å². The standard InChI is InChI=1S/C17H30N2O3/c1-2-22-15-10-14(17(15)7-4-3-5-8-17)18-16(21)19-9-6-13(11-19)12-20/h13-15,20H,2-12H2,1H3,(H,18,21). The summed E-state index contributed by atoms with van der Waals surface area (Å²) in [5.74, 6) is 0.256. The monoisotopic (exact) mass is 310 g/mol. The molecule has 3 unspecified atom stereocenters. The van der Waals surface area contributed by atoms with Crippen molar-refractivity contribution in [1.82, 2.24) is 10.2 Å². The van der Waals surface area contributed by atoms with Crippen LogP contribution in [0.2, 0.25) is 0 Å². The Hall–Kier alpha value is -0.810. The third-order valence-electron chi connectivity index (χ3n) is 6.07. The van der Waals surface area contributed by atoms with Crippen molar-refractivity contribution in [1.29, 1.82) is 0 Å². The van der Waals surface area contributed by atoms with Gasteiger partial charge in [0.1, 0.15) is 0 Å². The summed E-state index contributed by atoms with van der Waals surface area (Å²) in [6.45, 7) is 4.46. The lowest BCUT2D eigenvalue weighted by molar-refractivity contribution is -0.147. The molecule has 3 fully saturated rings. The molecule has 1 spiro atoms. The molecule has 0 aromatic rings. The minimum absolute atomic E-state index is 0.0563. The summed E-state index contributed by atoms with van der Waals surface area (Å²) in [5.41, 5.74) is 0.181. The number of carbonyl (C=O) groups is 1. The van der Waals surface area contributed by atoms with Crippen LogP contribution in [0, 0.1) is 11.3 Å². The predicted octanol–water partition coefficient (Wildman–Crippen LogP) is 2.14. The SMILES string of the molecule is CCOC1CC(NC(=O)N2CCC(CO)C2)C12CCCCC2. The van der Waals surface area contributed by atoms with Crippen LogP contribution in [-0.2, 0) is 4.74 Å². The first-order valence-electron chi connectivity index (χ1n) is 8.97. The summed E-state index contributed by atoms with van der Waals surface area (Å²) in [6, 6.07) is 0.325. The number of aliphatic hydroxyl groups is 1. The van der Waals surface area contributed by atoms with Crippen LogP contribution in [0.3, 0.4) is 0 Å². The van der Waals surface area contributed by atoms with Crippen LogP contribution in [0.5, 0.6) is 0 Å². The van der Waals surface area contributed by atoms with Crippen LogP contribution >= 0.6 is 0 Å². The van der Waals surface area contributed by atoms with Crippen molar-refractivity contribution in [2.75, 3.05) is 26.3 Å². The summed E-state index contributed by atoms with van der Waals surface area (Å²) in [5, 5.41) is 12.5. The number of likely N-dealkylation sites (tertiary alicyclic amines) is 1. The summed E-state index contributed by atoms with van der Waals surface area (Å²) >= 11 is 0. The highest BCUT2D eigenvalue weighted by Crippen LogP contribution is 2.53. The van der Waals surface area contributed by atoms with E-state index in [4.69, 9.17) is 4.74 Å². The summed E-state index contributed by atoms with van der Waals surface area (Å²) in [4.78, 5) is 14.4. The van der Waals surface area contributed by atoms with Crippen molar-refractivity contribution >= 4 is 6.03 Å². The molecule has 3 aliphatic rings. The number of nitrogens with one attached hydrogen (secondary N) is 1. The van der Waals surface area contributed by atoms with E-state index in [1.54, 1.807) is 0 Å². The number of nitrogens with zero attached hydrogens (tertiary/aromatic N) is 1. The normalized spacial score (nSPS) is 33.7. The van der Waals surface area contributed by atoms with Gasteiger partial charge in [-0.25, -0.2) is 4.79 Å². The predicted molar refractivity (Wildman–Crippen MR) is 84.6 cm³/mol. The highest BCUT2D eigenvalue weighted by Gasteiger charge is 2.56. The molecule has 1 saturated heterocycles. The second kappa shape index (κ2) is 6.75. The number of hydrogen-bond donors (Lipinski definition) is 2. The third-order valence-corrected chi connectivity index (χ3v) is 6.07. The largest absolute Gasteiger partial charge is 0.396 e. The van der Waals surface area contributed by atoms with Gasteiger partial charge in [-0.3, -0.25) is 0 Å². The molecule has 0 radical (unpaired) electrons. The third kappa shape index (κ3) is 2.85. The molecule has 2 aliphatic carbocycles. The van der Waals surface area contributed by atoms with E-state index < -0.39 is 0 Å². The van der Waals surface area contributed by atoms with Gasteiger partial charge < -0.3 is 20.1 Å². The number of ether oxygens (including phenoxy) is 1. The van der Waals surface area contributed by atoms with Gasteiger partial charge in [-0.15, -0.1) is 0 Å². The van der Waals surface area contributed by atoms with E-state index in [0.717, 1.165) is 26.0 Å². The molecule has 1 aliphatic heterocycles. The molecule has 0 bridgehead atoms. The molecule has 3 rings (SSSR count). The number of rotatable bonds is 4. The van der Waals surface area contributed by atoms with Crippen molar-refractivity contribution in [3.05, 3.63) is 0 Å². The Labute approximate surface area is 133 Å². The zero-order valence-electron chi connectivity index (χ0n) is 13.7. The molecule has 3 atom stereocenters. The van der Waals surface area contributed by atoms with Gasteiger partial charge in [0.25, 0.3) is 0 Å². The lowest BCUT2D eigenvalue weighted by atomic mass is 9.55. The second-order valence-corrected chi connectivity index (χ2v) is 7.26. The molecule has 5 nitrogen and oxygen atoms in total. The van der Waals surface area contributed by atoms with E-state index in [0.29, 0.717) is 12.6 Å². The highest BCUT2D eigenvalue weighted by molar-refractivity contribution is 5.75. The van der Waals surface area contributed by atoms with Gasteiger partial charge in [0.15, 0.2) is 0 Å². The average molecular weight is 310 g/mol. The van der Waals surface area contributed by atoms with Crippen molar-refractivity contribution in [3.63, 3.8) is 0 Å². The first-order chi connectivity index (χ1) is 10.7. The fourth-order valence-corrected chi connectivity index (χ4v) is 4.67. The van der Waals surface area contributed by atoms with Gasteiger partial charge in [0, 0.05) is 43.7 Å². The van der Waals surface area contributed by atoms with Gasteiger partial charge in [-0.05, 0) is 32.6 Å². The Morgan fingerprint density at radius 3 is 2.77 bits per heavy atom. The van der Waals surface area contributed by atoms with Crippen LogP contribution in [0.25, 0.3) is 0 Å². The number of carbonyl (C=O) groups excluding carboxylic acids is 1. The minimum Gasteiger partial charge on any atom is -0.396 e. The number of amides is 2. The molecule has 2 amide bonds. The van der Waals surface area contributed by atoms with Gasteiger partial charge in [-0.1, -0.05) is 19.3 Å². The maximum absolute atomic E-state index is 12.5. The van der Waals surface area contributed by atoms with E-state index in [1.807, 2.05) is 4.90 Å². The Morgan fingerprint density at radius 1 is 1.36 bits per heavy atom. The second-order valence-electron chi connectivity index (χ2n) is 7.26. The molecule has 2 N–H and O–H groups in total. The molecule has 0 aromatic carbocycles. The molecular formula is C17H30N2O3. The quantitative estimate of drug-likeness (QED) is 0.836. The first-order valence-corrected chi connectivity index (χ1v) is 8.97. The molecule has 5 heteroatoms. The van der Waals surface area contributed by atoms with Gasteiger partial charge in [0.2, 0.25) is 0 Å². The van der Waals surface area contributed by atoms with E-state index in [2.05, 4.69) is 12.2 Å². The molecule has 22 heavy (non-hydrogen) atoms. The number of aliphatic hydroxyl groups excluding tert-OH is 1. The van der Waals surface area contributed by atoms with Crippen LogP contribution in [-0.4, -0.2) is 54.5 Å². The van der Waals surface area contributed by atoms with E-state index in [1.165, 1.54) is 32.1 Å². The number of hydrogen-bond acceptors (Lipinski definition) is 3. The smallest absolute Gasteiger partial charge is 0.317 e. The average Bonchev–Trinajstić information content (AvgIpc) is 3.04. The van der Waals surface area contributed by atoms with Crippen LogP contribution < -0.4 is 5.32 Å². The summed E-state index contributed by atoms with van der Waals surface area (Å²) < 4.78 is 5.94. The zero-order chi connectivity index (χ0) is 15.6. The van der Waals surface area contributed by atoms with E-state index >= 15 is 0 Å². The van der Waals surface area contributed by atoms with Gasteiger partial charge in [-0.2, -0.15) is 0 Å². The Kier molecular flexibility index (Phi) is 4.93. The van der Waals surface area contributed by atoms with Crippen molar-refractivity contribution in [2.45, 2.75) is 64.0 Å². The summed E-state index contributed by atoms with van der Waals surface area (Å²) in [7, 11) is 0. The van der Waals surface area contributed by atoms with Crippen molar-refractivity contribution in [2.24, 2.45) is 11.3 Å². The van der Waals surface area contributed by atoms with Crippen molar-refractivity contribution < 1.29 is 14.6 Å². The summed E-state index contributed by atoms with van der Waals surface area (Å²) in [6.07, 6.45) is 8.39. The Balaban J connectivity index is 1.58. The van der Waals surface area contributed by atoms with Gasteiger partial charge >= 0.3 is 6.03 Å². The molecule has 126 valence electrons. The van der Waals surface area contributed by atoms with Crippen LogP contribution in [0.1, 0.15) is 51.9 Å². The number of urea groups is 1. The fourth-order valence-electron chi connectivity index (χ4n) is 4.67. The lowest BCUT2D eigenvalue weighted by Gasteiger charge is -2.57. The first kappa shape index (κ1) is 16.1. The van der Waals surface area contributed by atoms with Crippen LogP contribution in [0.15, 0.2) is 0 Å². The zero-order valence-corrected chi connectivity index (χ0v) is 13.7. The molecule has 2 saturated carbocycles. The topological polar surface area (TPSA) is 61.8 Å². The van der Waals surface area contributed by atoms with Crippen LogP contribution in [0.4, 0.5) is 4.79 Å². The maximum atomic E-state index is 12.5. The Bertz CT molecular complexity index is 395. The van der Waals surface area contributed by atoms with E-state index in [-0.39, 0.29) is 30.0 Å². The molecule has 1 heterocycles. The molecule has 0 aromatic heterocycles. The lowest BCUT2D eigenvalue weighted by Crippen LogP contribution is -2.66. The minimum atomic E-state index is 0.0563. The Morgan fingerprint density at radius 2 is 2.14 bits per heavy atom. The fraction of sp³-hybridized carbons (Fsp3) is 0.941. The van der Waals surface area contributed by atoms with Crippen molar-refractivity contribution in [3.8, 4) is 0 Å². The maximum Gasteiger partial charge on any atom is 0.317 e. The van der Waals surface area contributed by atoms with E-state index in [9.17, 15) is 9.90 Å². The highest BCUT2D eigenvalue weighted by atomic mass is 16.5.